The van der Waals surface area contributed by atoms with Crippen LogP contribution in [0.25, 0.3) is 0 Å². The summed E-state index contributed by atoms with van der Waals surface area (Å²) >= 11 is 0. The van der Waals surface area contributed by atoms with E-state index < -0.39 is 5.97 Å². The summed E-state index contributed by atoms with van der Waals surface area (Å²) in [5.74, 6) is 0.308. The second-order valence-corrected chi connectivity index (χ2v) is 4.58. The van der Waals surface area contributed by atoms with Gasteiger partial charge in [-0.25, -0.2) is 4.79 Å². The zero-order valence-electron chi connectivity index (χ0n) is 12.8. The van der Waals surface area contributed by atoms with Crippen LogP contribution in [-0.4, -0.2) is 19.2 Å². The third kappa shape index (κ3) is 3.69. The fraction of sp³-hybridized carbons (Fsp3) is 0.235. The van der Waals surface area contributed by atoms with E-state index in [4.69, 9.17) is 15.2 Å². The molecule has 5 heteroatoms. The molecule has 0 saturated heterocycles. The normalized spacial score (nSPS) is 10.1. The zero-order chi connectivity index (χ0) is 15.9. The number of hydrogen-bond donors (Lipinski definition) is 2. The standard InChI is InChI=1S/C17H20N2O3/c1-3-21-16-8-6-5-7-15(16)19-14-10-9-12(18)11-13(14)17(20)22-4-2/h5-11,19H,3-4,18H2,1-2H3. The van der Waals surface area contributed by atoms with E-state index in [9.17, 15) is 4.79 Å². The summed E-state index contributed by atoms with van der Waals surface area (Å²) in [6, 6.07) is 12.6. The van der Waals surface area contributed by atoms with Crippen molar-refractivity contribution in [3.05, 3.63) is 48.0 Å². The second-order valence-electron chi connectivity index (χ2n) is 4.58. The molecule has 0 aromatic heterocycles. The lowest BCUT2D eigenvalue weighted by Gasteiger charge is -2.15. The molecule has 0 aliphatic rings. The molecule has 22 heavy (non-hydrogen) atoms. The average molecular weight is 300 g/mol. The van der Waals surface area contributed by atoms with E-state index in [0.29, 0.717) is 30.2 Å². The van der Waals surface area contributed by atoms with Crippen molar-refractivity contribution in [3.8, 4) is 5.75 Å². The third-order valence-corrected chi connectivity index (χ3v) is 3.00. The number of hydrogen-bond acceptors (Lipinski definition) is 5. The number of esters is 1. The predicted molar refractivity (Wildman–Crippen MR) is 87.7 cm³/mol. The van der Waals surface area contributed by atoms with Gasteiger partial charge in [-0.05, 0) is 44.2 Å². The lowest BCUT2D eigenvalue weighted by molar-refractivity contribution is 0.0527. The van der Waals surface area contributed by atoms with Gasteiger partial charge >= 0.3 is 5.97 Å². The highest BCUT2D eigenvalue weighted by atomic mass is 16.5. The minimum atomic E-state index is -0.411. The van der Waals surface area contributed by atoms with E-state index >= 15 is 0 Å². The lowest BCUT2D eigenvalue weighted by Crippen LogP contribution is -2.09. The first-order chi connectivity index (χ1) is 10.7. The molecular formula is C17H20N2O3. The molecule has 0 amide bonds. The molecule has 0 heterocycles. The topological polar surface area (TPSA) is 73.6 Å². The number of ether oxygens (including phenoxy) is 2. The maximum absolute atomic E-state index is 12.1. The van der Waals surface area contributed by atoms with Gasteiger partial charge in [-0.2, -0.15) is 0 Å². The molecule has 2 aromatic rings. The molecular weight excluding hydrogens is 280 g/mol. The van der Waals surface area contributed by atoms with Gasteiger partial charge in [0.15, 0.2) is 0 Å². The Bertz CT molecular complexity index is 656. The first-order valence-electron chi connectivity index (χ1n) is 7.21. The molecule has 0 aliphatic heterocycles. The minimum Gasteiger partial charge on any atom is -0.492 e. The van der Waals surface area contributed by atoms with Crippen molar-refractivity contribution in [1.82, 2.24) is 0 Å². The highest BCUT2D eigenvalue weighted by Crippen LogP contribution is 2.30. The van der Waals surface area contributed by atoms with Crippen molar-refractivity contribution in [1.29, 1.82) is 0 Å². The number of nitrogens with two attached hydrogens (primary N) is 1. The quantitative estimate of drug-likeness (QED) is 0.630. The van der Waals surface area contributed by atoms with Crippen molar-refractivity contribution < 1.29 is 14.3 Å². The van der Waals surface area contributed by atoms with Crippen molar-refractivity contribution in [2.75, 3.05) is 24.3 Å². The molecule has 2 rings (SSSR count). The van der Waals surface area contributed by atoms with Crippen LogP contribution in [0.5, 0.6) is 5.75 Å². The van der Waals surface area contributed by atoms with E-state index in [1.807, 2.05) is 31.2 Å². The Morgan fingerprint density at radius 3 is 2.59 bits per heavy atom. The highest BCUT2D eigenvalue weighted by molar-refractivity contribution is 5.97. The van der Waals surface area contributed by atoms with Gasteiger partial charge in [0.1, 0.15) is 5.75 Å². The predicted octanol–water partition coefficient (Wildman–Crippen LogP) is 3.59. The summed E-state index contributed by atoms with van der Waals surface area (Å²) in [5, 5.41) is 3.21. The molecule has 0 aliphatic carbocycles. The Hall–Kier alpha value is -2.69. The van der Waals surface area contributed by atoms with Crippen molar-refractivity contribution >= 4 is 23.0 Å². The van der Waals surface area contributed by atoms with Crippen LogP contribution in [-0.2, 0) is 4.74 Å². The van der Waals surface area contributed by atoms with Crippen molar-refractivity contribution in [3.63, 3.8) is 0 Å². The van der Waals surface area contributed by atoms with Gasteiger partial charge in [0.05, 0.1) is 30.2 Å². The van der Waals surface area contributed by atoms with Gasteiger partial charge in [0.2, 0.25) is 0 Å². The number of carbonyl (C=O) groups is 1. The van der Waals surface area contributed by atoms with Crippen LogP contribution in [0.2, 0.25) is 0 Å². The summed E-state index contributed by atoms with van der Waals surface area (Å²) in [5.41, 5.74) is 8.08. The fourth-order valence-corrected chi connectivity index (χ4v) is 2.04. The summed E-state index contributed by atoms with van der Waals surface area (Å²) in [7, 11) is 0. The Labute approximate surface area is 130 Å². The summed E-state index contributed by atoms with van der Waals surface area (Å²) < 4.78 is 10.7. The first-order valence-corrected chi connectivity index (χ1v) is 7.21. The number of carbonyl (C=O) groups excluding carboxylic acids is 1. The van der Waals surface area contributed by atoms with Crippen LogP contribution < -0.4 is 15.8 Å². The Balaban J connectivity index is 2.35. The van der Waals surface area contributed by atoms with Crippen molar-refractivity contribution in [2.24, 2.45) is 0 Å². The van der Waals surface area contributed by atoms with Gasteiger partial charge in [-0.3, -0.25) is 0 Å². The Morgan fingerprint density at radius 1 is 1.09 bits per heavy atom. The van der Waals surface area contributed by atoms with Gasteiger partial charge in [-0.1, -0.05) is 12.1 Å². The zero-order valence-corrected chi connectivity index (χ0v) is 12.8. The molecule has 0 atom stereocenters. The van der Waals surface area contributed by atoms with E-state index in [0.717, 1.165) is 11.4 Å². The van der Waals surface area contributed by atoms with Crippen LogP contribution in [0.3, 0.4) is 0 Å². The molecule has 2 aromatic carbocycles. The summed E-state index contributed by atoms with van der Waals surface area (Å²) in [6.07, 6.45) is 0. The Kier molecular flexibility index (Phi) is 5.25. The van der Waals surface area contributed by atoms with Crippen LogP contribution >= 0.6 is 0 Å². The van der Waals surface area contributed by atoms with Crippen LogP contribution in [0.1, 0.15) is 24.2 Å². The SMILES string of the molecule is CCOC(=O)c1cc(N)ccc1Nc1ccccc1OCC. The minimum absolute atomic E-state index is 0.308. The molecule has 0 saturated carbocycles. The van der Waals surface area contributed by atoms with E-state index in [1.165, 1.54) is 0 Å². The molecule has 0 fully saturated rings. The fourth-order valence-electron chi connectivity index (χ4n) is 2.04. The number of para-hydroxylation sites is 2. The third-order valence-electron chi connectivity index (χ3n) is 3.00. The molecule has 116 valence electrons. The molecule has 0 bridgehead atoms. The van der Waals surface area contributed by atoms with Gasteiger partial charge in [-0.15, -0.1) is 0 Å². The molecule has 0 spiro atoms. The summed E-state index contributed by atoms with van der Waals surface area (Å²) in [6.45, 7) is 4.56. The van der Waals surface area contributed by atoms with Crippen LogP contribution in [0.15, 0.2) is 42.5 Å². The molecule has 3 N–H and O–H groups in total. The van der Waals surface area contributed by atoms with E-state index in [-0.39, 0.29) is 0 Å². The maximum Gasteiger partial charge on any atom is 0.340 e. The lowest BCUT2D eigenvalue weighted by atomic mass is 10.1. The van der Waals surface area contributed by atoms with Gasteiger partial charge in [0, 0.05) is 5.69 Å². The van der Waals surface area contributed by atoms with Gasteiger partial charge in [0.25, 0.3) is 0 Å². The van der Waals surface area contributed by atoms with E-state index in [1.54, 1.807) is 25.1 Å². The Morgan fingerprint density at radius 2 is 1.86 bits per heavy atom. The average Bonchev–Trinajstić information content (AvgIpc) is 2.51. The first kappa shape index (κ1) is 15.7. The number of rotatable bonds is 6. The smallest absolute Gasteiger partial charge is 0.340 e. The number of nitrogens with one attached hydrogen (secondary N) is 1. The molecule has 0 unspecified atom stereocenters. The van der Waals surface area contributed by atoms with Crippen molar-refractivity contribution in [2.45, 2.75) is 13.8 Å². The number of anilines is 3. The monoisotopic (exact) mass is 300 g/mol. The molecule has 5 nitrogen and oxygen atoms in total. The second kappa shape index (κ2) is 7.36. The highest BCUT2D eigenvalue weighted by Gasteiger charge is 2.14. The number of benzene rings is 2. The largest absolute Gasteiger partial charge is 0.492 e. The van der Waals surface area contributed by atoms with Crippen LogP contribution in [0, 0.1) is 0 Å². The van der Waals surface area contributed by atoms with Crippen LogP contribution in [0.4, 0.5) is 17.1 Å². The number of nitrogen functional groups attached to an aromatic ring is 1. The molecule has 0 radical (unpaired) electrons. The van der Waals surface area contributed by atoms with E-state index in [2.05, 4.69) is 5.32 Å². The van der Waals surface area contributed by atoms with Gasteiger partial charge < -0.3 is 20.5 Å². The summed E-state index contributed by atoms with van der Waals surface area (Å²) in [4.78, 5) is 12.1. The maximum atomic E-state index is 12.1.